The van der Waals surface area contributed by atoms with Gasteiger partial charge in [-0.2, -0.15) is 0 Å². The van der Waals surface area contributed by atoms with E-state index in [9.17, 15) is 0 Å². The summed E-state index contributed by atoms with van der Waals surface area (Å²) in [6, 6.07) is 4.09. The first kappa shape index (κ1) is 11.4. The van der Waals surface area contributed by atoms with Gasteiger partial charge in [0.15, 0.2) is 0 Å². The predicted octanol–water partition coefficient (Wildman–Crippen LogP) is 3.81. The fourth-order valence-electron chi connectivity index (χ4n) is 2.20. The molecule has 1 nitrogen and oxygen atoms in total. The van der Waals surface area contributed by atoms with Gasteiger partial charge in [-0.1, -0.05) is 12.0 Å². The normalized spacial score (nSPS) is 10.9. The second-order valence-corrected chi connectivity index (χ2v) is 4.19. The largest absolute Gasteiger partial charge is 0.256 e. The van der Waals surface area contributed by atoms with Crippen LogP contribution < -0.4 is 0 Å². The van der Waals surface area contributed by atoms with E-state index < -0.39 is 0 Å². The Hall–Kier alpha value is -2.07. The first-order valence-electron chi connectivity index (χ1n) is 5.64. The molecule has 2 aromatic rings. The summed E-state index contributed by atoms with van der Waals surface area (Å²) in [6.45, 7) is 6.36. The van der Waals surface area contributed by atoms with Crippen molar-refractivity contribution in [1.29, 1.82) is 0 Å². The molecule has 0 N–H and O–H groups in total. The molecular formula is C16H15N. The quantitative estimate of drug-likeness (QED) is 0.667. The maximum absolute atomic E-state index is 5.27. The molecular weight excluding hydrogens is 206 g/mol. The maximum atomic E-state index is 5.27. The molecule has 0 aliphatic carbocycles. The summed E-state index contributed by atoms with van der Waals surface area (Å²) in [5.41, 5.74) is 5.99. The number of aromatic nitrogens is 1. The minimum atomic E-state index is 1.06. The van der Waals surface area contributed by atoms with E-state index in [4.69, 9.17) is 6.42 Å². The smallest absolute Gasteiger partial charge is 0.0739 e. The number of pyridine rings is 1. The van der Waals surface area contributed by atoms with Crippen LogP contribution in [0.3, 0.4) is 0 Å². The highest BCUT2D eigenvalue weighted by atomic mass is 14.6. The third kappa shape index (κ3) is 1.83. The minimum absolute atomic E-state index is 1.06. The highest BCUT2D eigenvalue weighted by Crippen LogP contribution is 2.28. The van der Waals surface area contributed by atoms with E-state index in [1.54, 1.807) is 6.08 Å². The van der Waals surface area contributed by atoms with Crippen molar-refractivity contribution in [3.8, 4) is 12.3 Å². The number of hydrogen-bond donors (Lipinski definition) is 0. The molecule has 0 bridgehead atoms. The summed E-state index contributed by atoms with van der Waals surface area (Å²) >= 11 is 0. The zero-order valence-corrected chi connectivity index (χ0v) is 10.4. The van der Waals surface area contributed by atoms with E-state index in [0.29, 0.717) is 0 Å². The van der Waals surface area contributed by atoms with Crippen LogP contribution in [-0.2, 0) is 0 Å². The molecule has 1 heteroatoms. The van der Waals surface area contributed by atoms with Gasteiger partial charge in [0.05, 0.1) is 5.52 Å². The molecule has 84 valence electrons. The standard InChI is InChI=1S/C16H15N/c1-5-6-8-14-11(2)12(3)15-9-7-10-17-16(15)13(14)4/h1,6-10H,2-4H3/b8-6-. The van der Waals surface area contributed by atoms with E-state index in [0.717, 1.165) is 5.52 Å². The van der Waals surface area contributed by atoms with E-state index in [2.05, 4.69) is 37.7 Å². The number of terminal acetylenes is 1. The highest BCUT2D eigenvalue weighted by molar-refractivity contribution is 5.89. The van der Waals surface area contributed by atoms with Crippen LogP contribution in [0, 0.1) is 33.1 Å². The van der Waals surface area contributed by atoms with Gasteiger partial charge in [-0.05, 0) is 61.2 Å². The third-order valence-corrected chi connectivity index (χ3v) is 3.28. The molecule has 0 amide bonds. The van der Waals surface area contributed by atoms with E-state index >= 15 is 0 Å². The molecule has 17 heavy (non-hydrogen) atoms. The molecule has 1 heterocycles. The first-order valence-corrected chi connectivity index (χ1v) is 5.64. The lowest BCUT2D eigenvalue weighted by atomic mass is 9.93. The van der Waals surface area contributed by atoms with Gasteiger partial charge in [-0.15, -0.1) is 6.42 Å². The summed E-state index contributed by atoms with van der Waals surface area (Å²) in [4.78, 5) is 4.47. The van der Waals surface area contributed by atoms with Crippen LogP contribution in [0.4, 0.5) is 0 Å². The van der Waals surface area contributed by atoms with Gasteiger partial charge in [-0.25, -0.2) is 0 Å². The molecule has 0 saturated heterocycles. The summed E-state index contributed by atoms with van der Waals surface area (Å²) in [7, 11) is 0. The lowest BCUT2D eigenvalue weighted by molar-refractivity contribution is 1.28. The Bertz CT molecular complexity index is 643. The molecule has 0 fully saturated rings. The van der Waals surface area contributed by atoms with Gasteiger partial charge in [-0.3, -0.25) is 4.98 Å². The van der Waals surface area contributed by atoms with Gasteiger partial charge < -0.3 is 0 Å². The van der Waals surface area contributed by atoms with E-state index in [1.807, 2.05) is 18.3 Å². The second-order valence-electron chi connectivity index (χ2n) is 4.19. The first-order chi connectivity index (χ1) is 8.16. The highest BCUT2D eigenvalue weighted by Gasteiger charge is 2.09. The van der Waals surface area contributed by atoms with Crippen LogP contribution in [0.1, 0.15) is 22.3 Å². The van der Waals surface area contributed by atoms with Crippen molar-refractivity contribution in [2.24, 2.45) is 0 Å². The van der Waals surface area contributed by atoms with Crippen LogP contribution in [0.2, 0.25) is 0 Å². The van der Waals surface area contributed by atoms with Crippen molar-refractivity contribution in [3.63, 3.8) is 0 Å². The van der Waals surface area contributed by atoms with Crippen LogP contribution in [0.15, 0.2) is 24.4 Å². The Labute approximate surface area is 102 Å². The second kappa shape index (κ2) is 4.43. The maximum Gasteiger partial charge on any atom is 0.0739 e. The molecule has 0 radical (unpaired) electrons. The lowest BCUT2D eigenvalue weighted by Crippen LogP contribution is -1.95. The van der Waals surface area contributed by atoms with Gasteiger partial charge in [0.1, 0.15) is 0 Å². The molecule has 2 rings (SSSR count). The van der Waals surface area contributed by atoms with Crippen molar-refractivity contribution in [3.05, 3.63) is 46.7 Å². The molecule has 1 aromatic heterocycles. The molecule has 1 aromatic carbocycles. The van der Waals surface area contributed by atoms with Crippen molar-refractivity contribution in [2.45, 2.75) is 20.8 Å². The molecule has 0 aliphatic heterocycles. The fourth-order valence-corrected chi connectivity index (χ4v) is 2.20. The van der Waals surface area contributed by atoms with Gasteiger partial charge in [0.25, 0.3) is 0 Å². The monoisotopic (exact) mass is 221 g/mol. The molecule has 0 unspecified atom stereocenters. The Morgan fingerprint density at radius 2 is 1.94 bits per heavy atom. The number of benzene rings is 1. The number of allylic oxidation sites excluding steroid dienone is 1. The fraction of sp³-hybridized carbons (Fsp3) is 0.188. The van der Waals surface area contributed by atoms with E-state index in [1.165, 1.54) is 27.6 Å². The summed E-state index contributed by atoms with van der Waals surface area (Å²) in [5, 5.41) is 1.22. The van der Waals surface area contributed by atoms with Crippen LogP contribution in [-0.4, -0.2) is 4.98 Å². The van der Waals surface area contributed by atoms with Gasteiger partial charge >= 0.3 is 0 Å². The molecule has 0 atom stereocenters. The average molecular weight is 221 g/mol. The average Bonchev–Trinajstić information content (AvgIpc) is 2.36. The summed E-state index contributed by atoms with van der Waals surface area (Å²) in [6.07, 6.45) is 10.8. The Morgan fingerprint density at radius 1 is 1.18 bits per heavy atom. The zero-order valence-electron chi connectivity index (χ0n) is 10.4. The van der Waals surface area contributed by atoms with Crippen LogP contribution >= 0.6 is 0 Å². The van der Waals surface area contributed by atoms with Crippen LogP contribution in [0.5, 0.6) is 0 Å². The number of nitrogens with zero attached hydrogens (tertiary/aromatic N) is 1. The summed E-state index contributed by atoms with van der Waals surface area (Å²) < 4.78 is 0. The number of fused-ring (bicyclic) bond motifs is 1. The minimum Gasteiger partial charge on any atom is -0.256 e. The van der Waals surface area contributed by atoms with E-state index in [-0.39, 0.29) is 0 Å². The van der Waals surface area contributed by atoms with Gasteiger partial charge in [0, 0.05) is 11.6 Å². The predicted molar refractivity (Wildman–Crippen MR) is 73.8 cm³/mol. The zero-order chi connectivity index (χ0) is 12.4. The van der Waals surface area contributed by atoms with Crippen LogP contribution in [0.25, 0.3) is 17.0 Å². The molecule has 0 saturated carbocycles. The van der Waals surface area contributed by atoms with Crippen molar-refractivity contribution >= 4 is 17.0 Å². The van der Waals surface area contributed by atoms with Crippen molar-refractivity contribution < 1.29 is 0 Å². The summed E-state index contributed by atoms with van der Waals surface area (Å²) in [5.74, 6) is 2.54. The number of rotatable bonds is 1. The lowest BCUT2D eigenvalue weighted by Gasteiger charge is -2.13. The third-order valence-electron chi connectivity index (χ3n) is 3.28. The molecule has 0 aliphatic rings. The van der Waals surface area contributed by atoms with Crippen molar-refractivity contribution in [1.82, 2.24) is 4.98 Å². The van der Waals surface area contributed by atoms with Gasteiger partial charge in [0.2, 0.25) is 0 Å². The Kier molecular flexibility index (Phi) is 2.97. The van der Waals surface area contributed by atoms with Crippen molar-refractivity contribution in [2.75, 3.05) is 0 Å². The Morgan fingerprint density at radius 3 is 2.65 bits per heavy atom. The SMILES string of the molecule is C#C/C=C\c1c(C)c(C)c2cccnc2c1C. The Balaban J connectivity index is 2.87. The topological polar surface area (TPSA) is 12.9 Å². The molecule has 0 spiro atoms. The number of aryl methyl sites for hydroxylation is 2. The number of hydrogen-bond acceptors (Lipinski definition) is 1.